The number of hydrogen-bond donors (Lipinski definition) is 1. The Kier molecular flexibility index (Phi) is 4.78. The van der Waals surface area contributed by atoms with Crippen molar-refractivity contribution in [1.29, 1.82) is 0 Å². The summed E-state index contributed by atoms with van der Waals surface area (Å²) in [5, 5.41) is 8.08. The minimum atomic E-state index is 0.620. The van der Waals surface area contributed by atoms with Gasteiger partial charge in [-0.05, 0) is 48.4 Å². The lowest BCUT2D eigenvalue weighted by Crippen LogP contribution is -2.40. The summed E-state index contributed by atoms with van der Waals surface area (Å²) >= 11 is 0. The van der Waals surface area contributed by atoms with Crippen molar-refractivity contribution in [1.82, 2.24) is 15.1 Å². The Morgan fingerprint density at radius 1 is 1.15 bits per heavy atom. The van der Waals surface area contributed by atoms with Crippen LogP contribution in [0.4, 0.5) is 5.69 Å². The van der Waals surface area contributed by atoms with E-state index in [1.165, 1.54) is 11.3 Å². The van der Waals surface area contributed by atoms with Crippen molar-refractivity contribution < 1.29 is 4.74 Å². The van der Waals surface area contributed by atoms with Crippen LogP contribution in [0.5, 0.6) is 5.75 Å². The molecule has 0 radical (unpaired) electrons. The number of ether oxygens (including phenoxy) is 1. The van der Waals surface area contributed by atoms with E-state index in [0.29, 0.717) is 6.54 Å². The van der Waals surface area contributed by atoms with Crippen LogP contribution < -0.4 is 15.0 Å². The van der Waals surface area contributed by atoms with E-state index in [9.17, 15) is 0 Å². The van der Waals surface area contributed by atoms with Gasteiger partial charge in [0.25, 0.3) is 0 Å². The molecule has 6 nitrogen and oxygen atoms in total. The van der Waals surface area contributed by atoms with E-state index in [4.69, 9.17) is 4.74 Å². The van der Waals surface area contributed by atoms with Gasteiger partial charge in [-0.1, -0.05) is 18.2 Å². The molecule has 0 spiro atoms. The predicted molar refractivity (Wildman–Crippen MR) is 108 cm³/mol. The summed E-state index contributed by atoms with van der Waals surface area (Å²) in [7, 11) is 3.48. The first-order valence-corrected chi connectivity index (χ1v) is 9.03. The second-order valence-electron chi connectivity index (χ2n) is 6.38. The number of aromatic nitrogens is 2. The van der Waals surface area contributed by atoms with Crippen LogP contribution in [0.1, 0.15) is 11.3 Å². The molecular weight excluding hydrogens is 338 g/mol. The Hall–Kier alpha value is -3.28. The number of aliphatic imine (C=N–C) groups is 1. The summed E-state index contributed by atoms with van der Waals surface area (Å²) in [6, 6.07) is 18.3. The van der Waals surface area contributed by atoms with Gasteiger partial charge in [0.05, 0.1) is 25.0 Å². The van der Waals surface area contributed by atoms with E-state index in [0.717, 1.165) is 36.1 Å². The zero-order valence-corrected chi connectivity index (χ0v) is 15.6. The van der Waals surface area contributed by atoms with Crippen LogP contribution in [0.25, 0.3) is 5.69 Å². The Bertz CT molecular complexity index is 945. The number of methoxy groups -OCH3 is 1. The van der Waals surface area contributed by atoms with E-state index in [1.807, 2.05) is 48.3 Å². The Labute approximate surface area is 159 Å². The highest BCUT2D eigenvalue weighted by Crippen LogP contribution is 2.27. The first kappa shape index (κ1) is 17.1. The van der Waals surface area contributed by atoms with Gasteiger partial charge < -0.3 is 15.0 Å². The molecule has 0 saturated carbocycles. The molecule has 138 valence electrons. The molecule has 1 aromatic heterocycles. The van der Waals surface area contributed by atoms with Gasteiger partial charge >= 0.3 is 0 Å². The van der Waals surface area contributed by atoms with Crippen LogP contribution in [-0.2, 0) is 13.0 Å². The van der Waals surface area contributed by atoms with Gasteiger partial charge in [-0.15, -0.1) is 0 Å². The van der Waals surface area contributed by atoms with E-state index in [2.05, 4.69) is 44.6 Å². The lowest BCUT2D eigenvalue weighted by atomic mass is 10.2. The van der Waals surface area contributed by atoms with Crippen LogP contribution in [0, 0.1) is 0 Å². The maximum Gasteiger partial charge on any atom is 0.198 e. The maximum atomic E-state index is 5.20. The number of guanidine groups is 1. The van der Waals surface area contributed by atoms with Gasteiger partial charge in [0.2, 0.25) is 0 Å². The lowest BCUT2D eigenvalue weighted by molar-refractivity contribution is 0.414. The standard InChI is InChI=1S/C21H23N5O/c1-22-21(25-13-11-16-5-3-4-6-20(16)25)23-15-17-12-14-26(24-17)18-7-9-19(27-2)10-8-18/h3-10,12,14H,11,13,15H2,1-2H3,(H,22,23). The molecule has 2 aromatic carbocycles. The summed E-state index contributed by atoms with van der Waals surface area (Å²) in [4.78, 5) is 6.68. The number of fused-ring (bicyclic) bond motifs is 1. The Morgan fingerprint density at radius 2 is 1.96 bits per heavy atom. The van der Waals surface area contributed by atoms with Crippen LogP contribution >= 0.6 is 0 Å². The molecule has 0 amide bonds. The van der Waals surface area contributed by atoms with Gasteiger partial charge in [0.15, 0.2) is 5.96 Å². The van der Waals surface area contributed by atoms with Crippen LogP contribution in [-0.4, -0.2) is 36.4 Å². The van der Waals surface area contributed by atoms with Crippen molar-refractivity contribution in [3.05, 3.63) is 72.1 Å². The molecule has 27 heavy (non-hydrogen) atoms. The van der Waals surface area contributed by atoms with Crippen molar-refractivity contribution >= 4 is 11.6 Å². The predicted octanol–water partition coefficient (Wildman–Crippen LogP) is 3.02. The van der Waals surface area contributed by atoms with Crippen molar-refractivity contribution in [3.63, 3.8) is 0 Å². The van der Waals surface area contributed by atoms with E-state index >= 15 is 0 Å². The number of hydrogen-bond acceptors (Lipinski definition) is 3. The second kappa shape index (κ2) is 7.53. The van der Waals surface area contributed by atoms with Crippen molar-refractivity contribution in [2.24, 2.45) is 4.99 Å². The molecule has 0 saturated heterocycles. The number of nitrogens with one attached hydrogen (secondary N) is 1. The van der Waals surface area contributed by atoms with Crippen LogP contribution in [0.15, 0.2) is 65.8 Å². The zero-order chi connectivity index (χ0) is 18.6. The monoisotopic (exact) mass is 361 g/mol. The second-order valence-corrected chi connectivity index (χ2v) is 6.38. The summed E-state index contributed by atoms with van der Waals surface area (Å²) in [5.41, 5.74) is 4.55. The van der Waals surface area contributed by atoms with E-state index in [1.54, 1.807) is 7.11 Å². The Balaban J connectivity index is 1.43. The third-order valence-corrected chi connectivity index (χ3v) is 4.76. The first-order valence-electron chi connectivity index (χ1n) is 9.03. The topological polar surface area (TPSA) is 54.7 Å². The van der Waals surface area contributed by atoms with Gasteiger partial charge in [0.1, 0.15) is 5.75 Å². The molecule has 6 heteroatoms. The molecule has 1 N–H and O–H groups in total. The zero-order valence-electron chi connectivity index (χ0n) is 15.6. The number of rotatable bonds is 4. The number of benzene rings is 2. The van der Waals surface area contributed by atoms with Crippen molar-refractivity contribution in [3.8, 4) is 11.4 Å². The number of para-hydroxylation sites is 1. The quantitative estimate of drug-likeness (QED) is 0.573. The molecule has 4 rings (SSSR count). The van der Waals surface area contributed by atoms with Gasteiger partial charge in [-0.2, -0.15) is 5.10 Å². The Morgan fingerprint density at radius 3 is 2.74 bits per heavy atom. The van der Waals surface area contributed by atoms with Crippen LogP contribution in [0.3, 0.4) is 0 Å². The third-order valence-electron chi connectivity index (χ3n) is 4.76. The largest absolute Gasteiger partial charge is 0.497 e. The maximum absolute atomic E-state index is 5.20. The van der Waals surface area contributed by atoms with Crippen molar-refractivity contribution in [2.45, 2.75) is 13.0 Å². The molecular formula is C21H23N5O. The summed E-state index contributed by atoms with van der Waals surface area (Å²) in [6.45, 7) is 1.56. The average molecular weight is 361 g/mol. The average Bonchev–Trinajstić information content (AvgIpc) is 3.36. The summed E-state index contributed by atoms with van der Waals surface area (Å²) in [5.74, 6) is 1.71. The highest BCUT2D eigenvalue weighted by molar-refractivity contribution is 5.97. The fourth-order valence-electron chi connectivity index (χ4n) is 3.36. The first-order chi connectivity index (χ1) is 13.3. The molecule has 0 aliphatic carbocycles. The summed E-state index contributed by atoms with van der Waals surface area (Å²) in [6.07, 6.45) is 3.01. The van der Waals surface area contributed by atoms with E-state index in [-0.39, 0.29) is 0 Å². The van der Waals surface area contributed by atoms with Crippen molar-refractivity contribution in [2.75, 3.05) is 25.6 Å². The molecule has 3 aromatic rings. The number of anilines is 1. The molecule has 0 atom stereocenters. The third kappa shape index (κ3) is 3.51. The highest BCUT2D eigenvalue weighted by atomic mass is 16.5. The number of nitrogens with zero attached hydrogens (tertiary/aromatic N) is 4. The van der Waals surface area contributed by atoms with E-state index < -0.39 is 0 Å². The van der Waals surface area contributed by atoms with Gasteiger partial charge in [-0.3, -0.25) is 4.99 Å². The molecule has 0 unspecified atom stereocenters. The molecule has 0 fully saturated rings. The molecule has 1 aliphatic rings. The highest BCUT2D eigenvalue weighted by Gasteiger charge is 2.22. The van der Waals surface area contributed by atoms with Crippen LogP contribution in [0.2, 0.25) is 0 Å². The summed E-state index contributed by atoms with van der Waals surface area (Å²) < 4.78 is 7.07. The smallest absolute Gasteiger partial charge is 0.198 e. The molecule has 0 bridgehead atoms. The SMILES string of the molecule is CN=C(NCc1ccn(-c2ccc(OC)cc2)n1)N1CCc2ccccc21. The molecule has 2 heterocycles. The fourth-order valence-corrected chi connectivity index (χ4v) is 3.36. The normalized spacial score (nSPS) is 13.6. The molecule has 1 aliphatic heterocycles. The minimum absolute atomic E-state index is 0.620. The van der Waals surface area contributed by atoms with Gasteiger partial charge in [0, 0.05) is 25.5 Å². The lowest BCUT2D eigenvalue weighted by Gasteiger charge is -2.22. The minimum Gasteiger partial charge on any atom is -0.497 e. The fraction of sp³-hybridized carbons (Fsp3) is 0.238. The van der Waals surface area contributed by atoms with Gasteiger partial charge in [-0.25, -0.2) is 4.68 Å².